The summed E-state index contributed by atoms with van der Waals surface area (Å²) < 4.78 is 0. The fourth-order valence-electron chi connectivity index (χ4n) is 0.553. The van der Waals surface area contributed by atoms with Gasteiger partial charge in [-0.2, -0.15) is 0 Å². The molecule has 4 heteroatoms. The molecule has 1 heterocycles. The summed E-state index contributed by atoms with van der Waals surface area (Å²) in [5.41, 5.74) is 4.94. The highest BCUT2D eigenvalue weighted by Crippen LogP contribution is 2.13. The van der Waals surface area contributed by atoms with E-state index in [0.717, 1.165) is 5.03 Å². The predicted molar refractivity (Wildman–Crippen MR) is 40.7 cm³/mol. The lowest BCUT2D eigenvalue weighted by molar-refractivity contribution is -0.115. The van der Waals surface area contributed by atoms with Gasteiger partial charge in [0, 0.05) is 6.20 Å². The number of carbonyl (C=O) groups is 1. The maximum Gasteiger partial charge on any atom is 0.227 e. The van der Waals surface area contributed by atoms with Gasteiger partial charge in [-0.1, -0.05) is 11.8 Å². The number of nitrogens with one attached hydrogen (secondary N) is 1. The van der Waals surface area contributed by atoms with E-state index < -0.39 is 0 Å². The summed E-state index contributed by atoms with van der Waals surface area (Å²) in [6.45, 7) is 0. The topological polar surface area (TPSA) is 58.9 Å². The van der Waals surface area contributed by atoms with Crippen molar-refractivity contribution in [1.82, 2.24) is 4.98 Å². The van der Waals surface area contributed by atoms with Crippen molar-refractivity contribution in [3.63, 3.8) is 0 Å². The Bertz CT molecular complexity index is 208. The second-order valence-corrected chi connectivity index (χ2v) is 2.81. The SMILES string of the molecule is NC(=O)CSc1ccc[nH]1. The highest BCUT2D eigenvalue weighted by atomic mass is 32.2. The van der Waals surface area contributed by atoms with Crippen LogP contribution in [0.5, 0.6) is 0 Å². The first kappa shape index (κ1) is 7.21. The third-order valence-corrected chi connectivity index (χ3v) is 1.93. The Balaban J connectivity index is 2.35. The highest BCUT2D eigenvalue weighted by molar-refractivity contribution is 7.99. The van der Waals surface area contributed by atoms with Crippen LogP contribution in [0, 0.1) is 0 Å². The van der Waals surface area contributed by atoms with Crippen molar-refractivity contribution in [2.75, 3.05) is 5.75 Å². The Labute approximate surface area is 63.0 Å². The fourth-order valence-corrected chi connectivity index (χ4v) is 1.18. The summed E-state index contributed by atoms with van der Waals surface area (Å²) in [6, 6.07) is 3.77. The van der Waals surface area contributed by atoms with Crippen LogP contribution in [0.4, 0.5) is 0 Å². The van der Waals surface area contributed by atoms with Gasteiger partial charge in [0.1, 0.15) is 0 Å². The van der Waals surface area contributed by atoms with Crippen LogP contribution < -0.4 is 5.73 Å². The molecule has 0 fully saturated rings. The summed E-state index contributed by atoms with van der Waals surface area (Å²) >= 11 is 1.41. The van der Waals surface area contributed by atoms with E-state index in [9.17, 15) is 4.79 Å². The molecule has 1 aromatic rings. The van der Waals surface area contributed by atoms with Gasteiger partial charge in [0.15, 0.2) is 0 Å². The normalized spacial score (nSPS) is 9.60. The van der Waals surface area contributed by atoms with Crippen LogP contribution in [0.25, 0.3) is 0 Å². The van der Waals surface area contributed by atoms with E-state index in [1.165, 1.54) is 11.8 Å². The van der Waals surface area contributed by atoms with Gasteiger partial charge in [0.2, 0.25) is 5.91 Å². The smallest absolute Gasteiger partial charge is 0.227 e. The lowest BCUT2D eigenvalue weighted by atomic mass is 10.7. The van der Waals surface area contributed by atoms with Crippen LogP contribution in [0.15, 0.2) is 23.4 Å². The van der Waals surface area contributed by atoms with E-state index in [1.54, 1.807) is 0 Å². The van der Waals surface area contributed by atoms with Crippen molar-refractivity contribution >= 4 is 17.7 Å². The standard InChI is InChI=1S/C6H8N2OS/c7-5(9)4-10-6-2-1-3-8-6/h1-3,8H,4H2,(H2,7,9). The molecular formula is C6H8N2OS. The second-order valence-electron chi connectivity index (χ2n) is 1.79. The summed E-state index contributed by atoms with van der Waals surface area (Å²) in [5.74, 6) is 0.0418. The zero-order valence-corrected chi connectivity index (χ0v) is 6.15. The minimum atomic E-state index is -0.292. The average molecular weight is 156 g/mol. The molecule has 0 saturated heterocycles. The molecule has 0 radical (unpaired) electrons. The van der Waals surface area contributed by atoms with Gasteiger partial charge in [-0.25, -0.2) is 0 Å². The monoisotopic (exact) mass is 156 g/mol. The van der Waals surface area contributed by atoms with Gasteiger partial charge in [0.05, 0.1) is 10.8 Å². The zero-order chi connectivity index (χ0) is 7.40. The maximum absolute atomic E-state index is 10.3. The summed E-state index contributed by atoms with van der Waals surface area (Å²) in [6.07, 6.45) is 1.81. The molecule has 54 valence electrons. The number of hydrogen-bond acceptors (Lipinski definition) is 2. The van der Waals surface area contributed by atoms with E-state index in [2.05, 4.69) is 4.98 Å². The molecule has 0 aliphatic heterocycles. The average Bonchev–Trinajstić information content (AvgIpc) is 2.34. The van der Waals surface area contributed by atoms with Crippen LogP contribution in [0.2, 0.25) is 0 Å². The predicted octanol–water partition coefficient (Wildman–Crippen LogP) is 0.592. The molecular weight excluding hydrogens is 148 g/mol. The van der Waals surface area contributed by atoms with Gasteiger partial charge in [0.25, 0.3) is 0 Å². The highest BCUT2D eigenvalue weighted by Gasteiger charge is 1.96. The second kappa shape index (κ2) is 3.31. The lowest BCUT2D eigenvalue weighted by Gasteiger charge is -1.91. The number of aromatic amines is 1. The zero-order valence-electron chi connectivity index (χ0n) is 5.33. The molecule has 0 saturated carbocycles. The molecule has 1 rings (SSSR count). The van der Waals surface area contributed by atoms with Crippen LogP contribution in [0.3, 0.4) is 0 Å². The molecule has 3 N–H and O–H groups in total. The molecule has 10 heavy (non-hydrogen) atoms. The lowest BCUT2D eigenvalue weighted by Crippen LogP contribution is -2.12. The van der Waals surface area contributed by atoms with Crippen LogP contribution in [0.1, 0.15) is 0 Å². The van der Waals surface area contributed by atoms with Gasteiger partial charge >= 0.3 is 0 Å². The van der Waals surface area contributed by atoms with Crippen molar-refractivity contribution < 1.29 is 4.79 Å². The quantitative estimate of drug-likeness (QED) is 0.629. The molecule has 0 aromatic carbocycles. The summed E-state index contributed by atoms with van der Waals surface area (Å²) in [4.78, 5) is 13.2. The van der Waals surface area contributed by atoms with Crippen LogP contribution in [-0.2, 0) is 4.79 Å². The van der Waals surface area contributed by atoms with Crippen LogP contribution >= 0.6 is 11.8 Å². The molecule has 0 atom stereocenters. The molecule has 1 amide bonds. The minimum absolute atomic E-state index is 0.292. The van der Waals surface area contributed by atoms with Gasteiger partial charge < -0.3 is 10.7 Å². The van der Waals surface area contributed by atoms with Crippen molar-refractivity contribution in [2.24, 2.45) is 5.73 Å². The van der Waals surface area contributed by atoms with Crippen molar-refractivity contribution in [1.29, 1.82) is 0 Å². The molecule has 3 nitrogen and oxygen atoms in total. The third-order valence-electron chi connectivity index (χ3n) is 0.939. The molecule has 0 aliphatic carbocycles. The van der Waals surface area contributed by atoms with E-state index in [-0.39, 0.29) is 5.91 Å². The third kappa shape index (κ3) is 2.14. The van der Waals surface area contributed by atoms with Crippen molar-refractivity contribution in [2.45, 2.75) is 5.03 Å². The van der Waals surface area contributed by atoms with Gasteiger partial charge in [-0.05, 0) is 12.1 Å². The molecule has 0 unspecified atom stereocenters. The Kier molecular flexibility index (Phi) is 2.39. The maximum atomic E-state index is 10.3. The van der Waals surface area contributed by atoms with Crippen LogP contribution in [-0.4, -0.2) is 16.6 Å². The Hall–Kier alpha value is -0.900. The number of primary amides is 1. The number of rotatable bonds is 3. The van der Waals surface area contributed by atoms with E-state index in [4.69, 9.17) is 5.73 Å². The number of nitrogens with two attached hydrogens (primary N) is 1. The first-order valence-electron chi connectivity index (χ1n) is 2.83. The van der Waals surface area contributed by atoms with Gasteiger partial charge in [-0.15, -0.1) is 0 Å². The van der Waals surface area contributed by atoms with Crippen molar-refractivity contribution in [3.05, 3.63) is 18.3 Å². The molecule has 1 aromatic heterocycles. The first-order chi connectivity index (χ1) is 4.79. The number of aromatic nitrogens is 1. The van der Waals surface area contributed by atoms with Gasteiger partial charge in [-0.3, -0.25) is 4.79 Å². The fraction of sp³-hybridized carbons (Fsp3) is 0.167. The van der Waals surface area contributed by atoms with E-state index in [1.807, 2.05) is 18.3 Å². The Morgan fingerprint density at radius 3 is 3.10 bits per heavy atom. The Morgan fingerprint density at radius 1 is 1.80 bits per heavy atom. The summed E-state index contributed by atoms with van der Waals surface area (Å²) in [5, 5.41) is 0.971. The van der Waals surface area contributed by atoms with E-state index in [0.29, 0.717) is 5.75 Å². The number of H-pyrrole nitrogens is 1. The molecule has 0 aliphatic rings. The molecule has 0 bridgehead atoms. The minimum Gasteiger partial charge on any atom is -0.369 e. The van der Waals surface area contributed by atoms with Crippen molar-refractivity contribution in [3.8, 4) is 0 Å². The summed E-state index contributed by atoms with van der Waals surface area (Å²) in [7, 11) is 0. The first-order valence-corrected chi connectivity index (χ1v) is 3.82. The molecule has 0 spiro atoms. The largest absolute Gasteiger partial charge is 0.369 e. The van der Waals surface area contributed by atoms with E-state index >= 15 is 0 Å². The number of thioether (sulfide) groups is 1. The number of carbonyl (C=O) groups excluding carboxylic acids is 1. The number of amides is 1. The number of hydrogen-bond donors (Lipinski definition) is 2. The Morgan fingerprint density at radius 2 is 2.60 bits per heavy atom.